The molecule has 0 saturated heterocycles. The van der Waals surface area contributed by atoms with E-state index in [1.54, 1.807) is 13.8 Å². The molecule has 2 N–H and O–H groups in total. The summed E-state index contributed by atoms with van der Waals surface area (Å²) in [5.74, 6) is -6.32. The third-order valence-corrected chi connectivity index (χ3v) is 5.37. The Morgan fingerprint density at radius 1 is 1.14 bits per heavy atom. The molecule has 36 heavy (non-hydrogen) atoms. The molecule has 0 aliphatic carbocycles. The Bertz CT molecular complexity index is 1300. The number of nitrogens with zero attached hydrogens (tertiary/aromatic N) is 3. The number of fused-ring (bicyclic) bond motifs is 1. The predicted octanol–water partition coefficient (Wildman–Crippen LogP) is 4.76. The minimum atomic E-state index is -5.05. The molecule has 2 heterocycles. The molecule has 0 aliphatic heterocycles. The van der Waals surface area contributed by atoms with Crippen molar-refractivity contribution in [2.45, 2.75) is 38.3 Å². The number of pyridine rings is 1. The van der Waals surface area contributed by atoms with Crippen LogP contribution in [0.2, 0.25) is 0 Å². The fourth-order valence-corrected chi connectivity index (χ4v) is 3.20. The quantitative estimate of drug-likeness (QED) is 0.336. The van der Waals surface area contributed by atoms with E-state index in [9.17, 15) is 40.0 Å². The summed E-state index contributed by atoms with van der Waals surface area (Å²) in [7, 11) is -7.59. The van der Waals surface area contributed by atoms with Gasteiger partial charge < -0.3 is 20.1 Å². The highest BCUT2D eigenvalue weighted by Gasteiger charge is 2.45. The molecular weight excluding hydrogens is 548 g/mol. The molecule has 2 aromatic heterocycles. The summed E-state index contributed by atoms with van der Waals surface area (Å²) in [6.07, 6.45) is -0.298. The van der Waals surface area contributed by atoms with Gasteiger partial charge in [0.25, 0.3) is 0 Å². The summed E-state index contributed by atoms with van der Waals surface area (Å²) in [5.41, 5.74) is -4.95. The number of rotatable bonds is 5. The second-order valence-electron chi connectivity index (χ2n) is 7.09. The van der Waals surface area contributed by atoms with Crippen LogP contribution in [-0.4, -0.2) is 41.0 Å². The summed E-state index contributed by atoms with van der Waals surface area (Å²) in [6.45, 7) is 4.80. The van der Waals surface area contributed by atoms with Gasteiger partial charge in [-0.2, -0.15) is 22.2 Å². The minimum absolute atomic E-state index is 0.0160. The van der Waals surface area contributed by atoms with Crippen molar-refractivity contribution in [1.82, 2.24) is 14.2 Å². The molecule has 9 nitrogen and oxygen atoms in total. The maximum atomic E-state index is 13.8. The van der Waals surface area contributed by atoms with Crippen molar-refractivity contribution in [3.05, 3.63) is 35.8 Å². The van der Waals surface area contributed by atoms with Crippen LogP contribution in [0, 0.1) is 12.7 Å². The lowest BCUT2D eigenvalue weighted by Gasteiger charge is -2.14. The number of alkyl halides is 6. The van der Waals surface area contributed by atoms with Gasteiger partial charge in [-0.25, -0.2) is 8.60 Å². The van der Waals surface area contributed by atoms with Gasteiger partial charge in [0, 0.05) is 11.5 Å². The zero-order valence-electron chi connectivity index (χ0n) is 18.3. The Labute approximate surface area is 201 Å². The van der Waals surface area contributed by atoms with Gasteiger partial charge in [0.05, 0.1) is 11.8 Å². The number of benzene rings is 1. The van der Waals surface area contributed by atoms with Gasteiger partial charge in [0.15, 0.2) is 17.4 Å². The summed E-state index contributed by atoms with van der Waals surface area (Å²) < 4.78 is 110. The van der Waals surface area contributed by atoms with Gasteiger partial charge >= 0.3 is 19.5 Å². The Hall–Kier alpha value is -3.04. The van der Waals surface area contributed by atoms with E-state index in [4.69, 9.17) is 14.2 Å². The molecule has 18 heteroatoms. The first-order valence-electron chi connectivity index (χ1n) is 9.44. The maximum absolute atomic E-state index is 13.8. The Kier molecular flexibility index (Phi) is 8.86. The second kappa shape index (κ2) is 10.9. The van der Waals surface area contributed by atoms with Crippen LogP contribution in [0.5, 0.6) is 11.6 Å². The zero-order valence-corrected chi connectivity index (χ0v) is 20.0. The van der Waals surface area contributed by atoms with Crippen LogP contribution >= 0.6 is 8.03 Å². The van der Waals surface area contributed by atoms with Crippen molar-refractivity contribution < 1.29 is 54.2 Å². The van der Waals surface area contributed by atoms with Crippen molar-refractivity contribution in [2.24, 2.45) is 0 Å². The fraction of sp³-hybridized carbons (Fsp3) is 0.333. The van der Waals surface area contributed by atoms with Gasteiger partial charge in [-0.15, -0.1) is 18.3 Å². The van der Waals surface area contributed by atoms with Crippen LogP contribution in [-0.2, 0) is 15.6 Å². The monoisotopic (exact) mass is 564 g/mol. The van der Waals surface area contributed by atoms with E-state index < -0.39 is 42.0 Å². The number of nitrogens with one attached hydrogen (secondary N) is 1. The summed E-state index contributed by atoms with van der Waals surface area (Å²) >= 11 is 0. The van der Waals surface area contributed by atoms with Gasteiger partial charge in [-0.3, -0.25) is 0 Å². The summed E-state index contributed by atoms with van der Waals surface area (Å²) in [6, 6.07) is 4.95. The number of phenols is 1. The SMILES string of the molecule is Cc1cc(Nc2cc3cc(O)c(F)cc3c(OC(C)C)n2)nn1S(=O)C(F)(F)F.O=[P+]([O-])C(F)(F)F. The molecule has 0 spiro atoms. The smallest absolute Gasteiger partial charge is 0.588 e. The lowest BCUT2D eigenvalue weighted by atomic mass is 10.1. The number of aryl methyl sites for hydroxylation is 1. The normalized spacial score (nSPS) is 13.3. The highest BCUT2D eigenvalue weighted by atomic mass is 32.2. The first-order chi connectivity index (χ1) is 16.4. The average Bonchev–Trinajstić information content (AvgIpc) is 3.07. The summed E-state index contributed by atoms with van der Waals surface area (Å²) in [4.78, 5) is 13.1. The van der Waals surface area contributed by atoms with Crippen LogP contribution in [0.25, 0.3) is 10.8 Å². The molecule has 0 radical (unpaired) electrons. The van der Waals surface area contributed by atoms with Crippen molar-refractivity contribution >= 4 is 41.4 Å². The van der Waals surface area contributed by atoms with E-state index in [1.807, 2.05) is 0 Å². The van der Waals surface area contributed by atoms with Crippen LogP contribution in [0.1, 0.15) is 19.5 Å². The van der Waals surface area contributed by atoms with Crippen molar-refractivity contribution in [1.29, 1.82) is 0 Å². The first-order valence-corrected chi connectivity index (χ1v) is 11.7. The van der Waals surface area contributed by atoms with Crippen LogP contribution in [0.15, 0.2) is 24.3 Å². The standard InChI is InChI=1S/C17H16F4N4O3S.CF3O2P/c1-8(2)28-16-11-7-12(18)13(26)5-10(11)6-14(23-16)22-15-4-9(3)25(24-15)29(27)17(19,20)21;2-1(3,4)7(5)6/h4-8,26H,1-3H3,(H,22,23,24);. The molecule has 2 unspecified atom stereocenters. The van der Waals surface area contributed by atoms with Gasteiger partial charge in [0.2, 0.25) is 16.9 Å². The van der Waals surface area contributed by atoms with Gasteiger partial charge in [0.1, 0.15) is 5.82 Å². The Morgan fingerprint density at radius 3 is 2.22 bits per heavy atom. The largest absolute Gasteiger partial charge is 0.602 e. The number of phenolic OH excluding ortho intramolecular Hbond substituents is 1. The molecule has 3 aromatic rings. The number of anilines is 2. The topological polar surface area (TPSA) is 129 Å². The maximum Gasteiger partial charge on any atom is 0.602 e. The highest BCUT2D eigenvalue weighted by molar-refractivity contribution is 7.84. The third kappa shape index (κ3) is 7.48. The van der Waals surface area contributed by atoms with Crippen molar-refractivity contribution in [3.8, 4) is 11.6 Å². The lowest BCUT2D eigenvalue weighted by molar-refractivity contribution is -0.200. The number of aromatic hydroxyl groups is 1. The van der Waals surface area contributed by atoms with Crippen molar-refractivity contribution in [3.63, 3.8) is 0 Å². The number of hydrogen-bond acceptors (Lipinski definition) is 8. The van der Waals surface area contributed by atoms with E-state index >= 15 is 0 Å². The fourth-order valence-electron chi connectivity index (χ4n) is 2.53. The molecule has 0 amide bonds. The van der Waals surface area contributed by atoms with E-state index in [2.05, 4.69) is 15.4 Å². The molecule has 0 saturated carbocycles. The molecule has 3 rings (SSSR count). The van der Waals surface area contributed by atoms with E-state index in [-0.39, 0.29) is 29.3 Å². The van der Waals surface area contributed by atoms with Crippen LogP contribution in [0.4, 0.5) is 42.4 Å². The molecule has 2 atom stereocenters. The van der Waals surface area contributed by atoms with Gasteiger partial charge in [-0.1, -0.05) is 4.57 Å². The molecular formula is C18H16F7N4O5PS. The minimum Gasteiger partial charge on any atom is -0.588 e. The lowest BCUT2D eigenvalue weighted by Crippen LogP contribution is -2.24. The van der Waals surface area contributed by atoms with E-state index in [0.29, 0.717) is 14.9 Å². The Morgan fingerprint density at radius 2 is 1.72 bits per heavy atom. The molecule has 0 bridgehead atoms. The van der Waals surface area contributed by atoms with Gasteiger partial charge in [-0.05, 0) is 44.4 Å². The van der Waals surface area contributed by atoms with Crippen LogP contribution in [0.3, 0.4) is 0 Å². The zero-order chi connectivity index (χ0) is 27.6. The average molecular weight is 564 g/mol. The number of hydrogen-bond donors (Lipinski definition) is 2. The highest BCUT2D eigenvalue weighted by Crippen LogP contribution is 2.36. The summed E-state index contributed by atoms with van der Waals surface area (Å²) in [5, 5.41) is 16.7. The molecule has 0 aliphatic rings. The second-order valence-corrected chi connectivity index (χ2v) is 9.42. The van der Waals surface area contributed by atoms with E-state index in [1.165, 1.54) is 25.1 Å². The number of ether oxygens (including phenoxy) is 1. The number of aromatic nitrogens is 3. The first kappa shape index (κ1) is 29.2. The molecule has 0 fully saturated rings. The third-order valence-electron chi connectivity index (χ3n) is 3.88. The molecule has 198 valence electrons. The number of halogens is 7. The van der Waals surface area contributed by atoms with E-state index in [0.717, 1.165) is 6.07 Å². The van der Waals surface area contributed by atoms with Crippen molar-refractivity contribution in [2.75, 3.05) is 5.32 Å². The Balaban J connectivity index is 0.000000572. The van der Waals surface area contributed by atoms with Crippen LogP contribution < -0.4 is 14.9 Å². The molecule has 1 aromatic carbocycles. The predicted molar refractivity (Wildman–Crippen MR) is 113 cm³/mol.